The van der Waals surface area contributed by atoms with E-state index in [0.29, 0.717) is 11.5 Å². The molecule has 25 heavy (non-hydrogen) atoms. The number of aryl methyl sites for hydroxylation is 2. The number of para-hydroxylation sites is 1. The first-order valence-corrected chi connectivity index (χ1v) is 8.17. The zero-order valence-corrected chi connectivity index (χ0v) is 15.1. The van der Waals surface area contributed by atoms with Gasteiger partial charge < -0.3 is 5.73 Å². The zero-order valence-electron chi connectivity index (χ0n) is 13.5. The second-order valence-electron chi connectivity index (χ2n) is 5.56. The van der Waals surface area contributed by atoms with Gasteiger partial charge >= 0.3 is 6.03 Å². The van der Waals surface area contributed by atoms with Gasteiger partial charge in [-0.2, -0.15) is 5.01 Å². The Labute approximate surface area is 154 Å². The number of hydrogen-bond acceptors (Lipinski definition) is 4. The molecule has 0 saturated carbocycles. The van der Waals surface area contributed by atoms with E-state index in [2.05, 4.69) is 15.4 Å². The van der Waals surface area contributed by atoms with Crippen molar-refractivity contribution in [3.05, 3.63) is 57.8 Å². The summed E-state index contributed by atoms with van der Waals surface area (Å²) in [6, 6.07) is 10.0. The molecule has 128 valence electrons. The Kier molecular flexibility index (Phi) is 4.65. The molecule has 3 rings (SSSR count). The molecule has 0 aliphatic heterocycles. The SMILES string of the molecule is Cc1cc(N(Nc2cc(Cl)nc(Cl)c2)C(N)=O)nc2c(C)cccc12. The summed E-state index contributed by atoms with van der Waals surface area (Å²) in [6.45, 7) is 3.91. The van der Waals surface area contributed by atoms with Crippen LogP contribution < -0.4 is 16.2 Å². The van der Waals surface area contributed by atoms with E-state index in [0.717, 1.165) is 27.0 Å². The fourth-order valence-corrected chi connectivity index (χ4v) is 3.00. The van der Waals surface area contributed by atoms with Crippen molar-refractivity contribution in [3.8, 4) is 0 Å². The number of carbonyl (C=O) groups is 1. The number of fused-ring (bicyclic) bond motifs is 1. The Morgan fingerprint density at radius 2 is 1.76 bits per heavy atom. The fourth-order valence-electron chi connectivity index (χ4n) is 2.54. The van der Waals surface area contributed by atoms with Gasteiger partial charge in [0.1, 0.15) is 10.3 Å². The first-order chi connectivity index (χ1) is 11.8. The van der Waals surface area contributed by atoms with Gasteiger partial charge in [-0.1, -0.05) is 41.4 Å². The maximum Gasteiger partial charge on any atom is 0.339 e. The van der Waals surface area contributed by atoms with Crippen molar-refractivity contribution >= 4 is 51.6 Å². The first-order valence-electron chi connectivity index (χ1n) is 7.41. The highest BCUT2D eigenvalue weighted by atomic mass is 35.5. The number of pyridine rings is 2. The monoisotopic (exact) mass is 375 g/mol. The molecule has 2 amide bonds. The summed E-state index contributed by atoms with van der Waals surface area (Å²) in [5.41, 5.74) is 11.6. The van der Waals surface area contributed by atoms with E-state index in [4.69, 9.17) is 28.9 Å². The molecule has 0 saturated heterocycles. The second kappa shape index (κ2) is 6.74. The highest BCUT2D eigenvalue weighted by molar-refractivity contribution is 6.32. The number of nitrogens with zero attached hydrogens (tertiary/aromatic N) is 3. The second-order valence-corrected chi connectivity index (χ2v) is 6.33. The third-order valence-electron chi connectivity index (χ3n) is 3.69. The molecule has 0 aliphatic carbocycles. The predicted molar refractivity (Wildman–Crippen MR) is 101 cm³/mol. The van der Waals surface area contributed by atoms with Gasteiger partial charge in [-0.3, -0.25) is 5.43 Å². The summed E-state index contributed by atoms with van der Waals surface area (Å²) >= 11 is 11.8. The summed E-state index contributed by atoms with van der Waals surface area (Å²) in [4.78, 5) is 20.4. The number of aromatic nitrogens is 2. The van der Waals surface area contributed by atoms with Gasteiger partial charge in [0.25, 0.3) is 0 Å². The van der Waals surface area contributed by atoms with Gasteiger partial charge in [0.2, 0.25) is 0 Å². The van der Waals surface area contributed by atoms with Crippen LogP contribution in [-0.2, 0) is 0 Å². The minimum absolute atomic E-state index is 0.193. The van der Waals surface area contributed by atoms with Gasteiger partial charge in [-0.05, 0) is 31.0 Å². The van der Waals surface area contributed by atoms with E-state index < -0.39 is 6.03 Å². The van der Waals surface area contributed by atoms with E-state index in [1.807, 2.05) is 32.0 Å². The Bertz CT molecular complexity index is 956. The first kappa shape index (κ1) is 17.3. The van der Waals surface area contributed by atoms with Crippen LogP contribution in [0.2, 0.25) is 10.3 Å². The van der Waals surface area contributed by atoms with Crippen molar-refractivity contribution in [3.63, 3.8) is 0 Å². The van der Waals surface area contributed by atoms with Crippen molar-refractivity contribution in [1.29, 1.82) is 0 Å². The lowest BCUT2D eigenvalue weighted by Crippen LogP contribution is -2.41. The van der Waals surface area contributed by atoms with E-state index in [9.17, 15) is 4.79 Å². The number of hydrogen-bond donors (Lipinski definition) is 2. The van der Waals surface area contributed by atoms with Crippen molar-refractivity contribution < 1.29 is 4.79 Å². The lowest BCUT2D eigenvalue weighted by atomic mass is 10.1. The molecule has 3 N–H and O–H groups in total. The molecule has 1 aromatic carbocycles. The largest absolute Gasteiger partial charge is 0.350 e. The van der Waals surface area contributed by atoms with Crippen LogP contribution in [0.5, 0.6) is 0 Å². The standard InChI is InChI=1S/C17H15Cl2N5O/c1-9-4-3-5-12-10(2)6-15(22-16(9)12)24(17(20)25)23-11-7-13(18)21-14(19)8-11/h3-8H,1-2H3,(H2,20,25)(H,21,23). The number of amides is 2. The molecule has 0 bridgehead atoms. The van der Waals surface area contributed by atoms with Crippen LogP contribution in [0.1, 0.15) is 11.1 Å². The number of anilines is 2. The molecule has 0 spiro atoms. The van der Waals surface area contributed by atoms with Crippen LogP contribution in [-0.4, -0.2) is 16.0 Å². The van der Waals surface area contributed by atoms with Crippen molar-refractivity contribution in [2.45, 2.75) is 13.8 Å². The number of halogens is 2. The fraction of sp³-hybridized carbons (Fsp3) is 0.118. The van der Waals surface area contributed by atoms with E-state index in [1.54, 1.807) is 6.07 Å². The lowest BCUT2D eigenvalue weighted by molar-refractivity contribution is 0.255. The molecule has 0 atom stereocenters. The molecule has 3 aromatic rings. The number of nitrogens with one attached hydrogen (secondary N) is 1. The summed E-state index contributed by atoms with van der Waals surface area (Å²) in [5.74, 6) is 0.371. The van der Waals surface area contributed by atoms with Crippen LogP contribution in [0.25, 0.3) is 10.9 Å². The molecule has 0 radical (unpaired) electrons. The minimum Gasteiger partial charge on any atom is -0.350 e. The third kappa shape index (κ3) is 3.60. The number of rotatable bonds is 3. The number of nitrogens with two attached hydrogens (primary N) is 1. The Morgan fingerprint density at radius 3 is 2.40 bits per heavy atom. The Balaban J connectivity index is 2.08. The third-order valence-corrected chi connectivity index (χ3v) is 4.08. The number of carbonyl (C=O) groups excluding carboxylic acids is 1. The molecule has 0 unspecified atom stereocenters. The molecule has 2 aromatic heterocycles. The average Bonchev–Trinajstić information content (AvgIpc) is 2.52. The van der Waals surface area contributed by atoms with Gasteiger partial charge in [-0.15, -0.1) is 0 Å². The molecule has 8 heteroatoms. The highest BCUT2D eigenvalue weighted by Crippen LogP contribution is 2.26. The maximum atomic E-state index is 12.0. The molecule has 0 fully saturated rings. The summed E-state index contributed by atoms with van der Waals surface area (Å²) in [7, 11) is 0. The number of primary amides is 1. The topological polar surface area (TPSA) is 84.1 Å². The minimum atomic E-state index is -0.719. The molecule has 2 heterocycles. The quantitative estimate of drug-likeness (QED) is 0.522. The van der Waals surface area contributed by atoms with Crippen LogP contribution in [0.15, 0.2) is 36.4 Å². The van der Waals surface area contributed by atoms with Crippen LogP contribution >= 0.6 is 23.2 Å². The molecular formula is C17H15Cl2N5O. The number of hydrazine groups is 1. The Morgan fingerprint density at radius 1 is 1.08 bits per heavy atom. The number of benzene rings is 1. The average molecular weight is 376 g/mol. The van der Waals surface area contributed by atoms with E-state index in [-0.39, 0.29) is 10.3 Å². The lowest BCUT2D eigenvalue weighted by Gasteiger charge is -2.22. The van der Waals surface area contributed by atoms with Gasteiger partial charge in [-0.25, -0.2) is 14.8 Å². The van der Waals surface area contributed by atoms with E-state index >= 15 is 0 Å². The van der Waals surface area contributed by atoms with Crippen molar-refractivity contribution in [2.24, 2.45) is 5.73 Å². The summed E-state index contributed by atoms with van der Waals surface area (Å²) in [5, 5.41) is 2.54. The van der Waals surface area contributed by atoms with Crippen molar-refractivity contribution in [2.75, 3.05) is 10.4 Å². The van der Waals surface area contributed by atoms with Gasteiger partial charge in [0, 0.05) is 17.5 Å². The Hall–Kier alpha value is -2.57. The smallest absolute Gasteiger partial charge is 0.339 e. The summed E-state index contributed by atoms with van der Waals surface area (Å²) < 4.78 is 0. The van der Waals surface area contributed by atoms with Crippen LogP contribution in [0.3, 0.4) is 0 Å². The highest BCUT2D eigenvalue weighted by Gasteiger charge is 2.17. The summed E-state index contributed by atoms with van der Waals surface area (Å²) in [6.07, 6.45) is 0. The van der Waals surface area contributed by atoms with Crippen LogP contribution in [0.4, 0.5) is 16.3 Å². The number of urea groups is 1. The van der Waals surface area contributed by atoms with Gasteiger partial charge in [0.15, 0.2) is 5.82 Å². The predicted octanol–water partition coefficient (Wildman–Crippen LogP) is 4.47. The van der Waals surface area contributed by atoms with Crippen molar-refractivity contribution in [1.82, 2.24) is 9.97 Å². The van der Waals surface area contributed by atoms with Gasteiger partial charge in [0.05, 0.1) is 11.2 Å². The molecule has 6 nitrogen and oxygen atoms in total. The van der Waals surface area contributed by atoms with E-state index in [1.165, 1.54) is 12.1 Å². The van der Waals surface area contributed by atoms with Crippen LogP contribution in [0, 0.1) is 13.8 Å². The molecular weight excluding hydrogens is 361 g/mol. The maximum absolute atomic E-state index is 12.0. The normalized spacial score (nSPS) is 10.7. The molecule has 0 aliphatic rings. The zero-order chi connectivity index (χ0) is 18.1.